The number of nitrogens with two attached hydrogens (primary N) is 1. The SMILES string of the molecule is Cn1ccnc1CNCc1ccnc(C(N)=NO)c1. The van der Waals surface area contributed by atoms with E-state index in [0.29, 0.717) is 18.8 Å². The maximum Gasteiger partial charge on any atom is 0.188 e. The van der Waals surface area contributed by atoms with Gasteiger partial charge in [0, 0.05) is 32.2 Å². The van der Waals surface area contributed by atoms with Gasteiger partial charge in [-0.25, -0.2) is 4.98 Å². The van der Waals surface area contributed by atoms with Crippen molar-refractivity contribution in [2.75, 3.05) is 0 Å². The monoisotopic (exact) mass is 260 g/mol. The Morgan fingerprint density at radius 2 is 2.26 bits per heavy atom. The fraction of sp³-hybridized carbons (Fsp3) is 0.250. The smallest absolute Gasteiger partial charge is 0.188 e. The largest absolute Gasteiger partial charge is 0.409 e. The summed E-state index contributed by atoms with van der Waals surface area (Å²) in [6, 6.07) is 3.65. The molecule has 0 fully saturated rings. The Balaban J connectivity index is 1.95. The molecule has 0 radical (unpaired) electrons. The first-order valence-corrected chi connectivity index (χ1v) is 5.80. The van der Waals surface area contributed by atoms with Gasteiger partial charge in [-0.1, -0.05) is 5.16 Å². The molecular formula is C12H16N6O. The van der Waals surface area contributed by atoms with Crippen LogP contribution in [0.1, 0.15) is 17.1 Å². The second kappa shape index (κ2) is 5.96. The molecule has 0 saturated heterocycles. The summed E-state index contributed by atoms with van der Waals surface area (Å²) >= 11 is 0. The number of amidine groups is 1. The number of aryl methyl sites for hydroxylation is 1. The van der Waals surface area contributed by atoms with Crippen LogP contribution in [0.4, 0.5) is 0 Å². The maximum atomic E-state index is 8.61. The van der Waals surface area contributed by atoms with Gasteiger partial charge in [-0.2, -0.15) is 0 Å². The van der Waals surface area contributed by atoms with Crippen LogP contribution in [0.2, 0.25) is 0 Å². The lowest BCUT2D eigenvalue weighted by atomic mass is 10.2. The summed E-state index contributed by atoms with van der Waals surface area (Å²) < 4.78 is 1.96. The first kappa shape index (κ1) is 13.0. The minimum absolute atomic E-state index is 0.00551. The molecule has 2 aromatic heterocycles. The Morgan fingerprint density at radius 3 is 2.95 bits per heavy atom. The molecule has 0 aromatic carbocycles. The highest BCUT2D eigenvalue weighted by molar-refractivity contribution is 5.95. The van der Waals surface area contributed by atoms with E-state index >= 15 is 0 Å². The van der Waals surface area contributed by atoms with Gasteiger partial charge in [0.15, 0.2) is 5.84 Å². The normalized spacial score (nSPS) is 11.7. The molecular weight excluding hydrogens is 244 g/mol. The van der Waals surface area contributed by atoms with Crippen molar-refractivity contribution in [2.45, 2.75) is 13.1 Å². The van der Waals surface area contributed by atoms with Crippen molar-refractivity contribution < 1.29 is 5.21 Å². The molecule has 0 aliphatic carbocycles. The molecule has 0 spiro atoms. The van der Waals surface area contributed by atoms with Gasteiger partial charge < -0.3 is 20.8 Å². The van der Waals surface area contributed by atoms with Crippen LogP contribution in [0.15, 0.2) is 35.9 Å². The fourth-order valence-electron chi connectivity index (χ4n) is 1.66. The first-order chi connectivity index (χ1) is 9.20. The summed E-state index contributed by atoms with van der Waals surface area (Å²) in [5.41, 5.74) is 6.96. The van der Waals surface area contributed by atoms with E-state index in [1.165, 1.54) is 0 Å². The standard InChI is InChI=1S/C12H16N6O/c1-18-5-4-16-11(18)8-14-7-9-2-3-15-10(6-9)12(13)17-19/h2-6,14,19H,7-8H2,1H3,(H2,13,17). The highest BCUT2D eigenvalue weighted by Crippen LogP contribution is 2.02. The first-order valence-electron chi connectivity index (χ1n) is 5.80. The van der Waals surface area contributed by atoms with Crippen LogP contribution in [0.3, 0.4) is 0 Å². The van der Waals surface area contributed by atoms with Crippen LogP contribution < -0.4 is 11.1 Å². The third kappa shape index (κ3) is 3.29. The zero-order valence-corrected chi connectivity index (χ0v) is 10.6. The third-order valence-electron chi connectivity index (χ3n) is 2.73. The van der Waals surface area contributed by atoms with Crippen molar-refractivity contribution in [2.24, 2.45) is 17.9 Å². The van der Waals surface area contributed by atoms with E-state index < -0.39 is 0 Å². The molecule has 0 saturated carbocycles. The highest BCUT2D eigenvalue weighted by Gasteiger charge is 2.03. The summed E-state index contributed by atoms with van der Waals surface area (Å²) in [5, 5.41) is 14.8. The van der Waals surface area contributed by atoms with Gasteiger partial charge in [-0.15, -0.1) is 0 Å². The fourth-order valence-corrected chi connectivity index (χ4v) is 1.66. The van der Waals surface area contributed by atoms with Crippen LogP contribution in [0.5, 0.6) is 0 Å². The van der Waals surface area contributed by atoms with E-state index in [4.69, 9.17) is 10.9 Å². The predicted octanol–water partition coefficient (Wildman–Crippen LogP) is 0.199. The molecule has 0 amide bonds. The molecule has 0 aliphatic rings. The zero-order chi connectivity index (χ0) is 13.7. The van der Waals surface area contributed by atoms with Gasteiger partial charge in [0.1, 0.15) is 11.5 Å². The molecule has 2 heterocycles. The van der Waals surface area contributed by atoms with E-state index in [0.717, 1.165) is 11.4 Å². The lowest BCUT2D eigenvalue weighted by Gasteiger charge is -2.06. The third-order valence-corrected chi connectivity index (χ3v) is 2.73. The number of rotatable bonds is 5. The Hall–Kier alpha value is -2.41. The van der Waals surface area contributed by atoms with E-state index in [9.17, 15) is 0 Å². The van der Waals surface area contributed by atoms with Crippen molar-refractivity contribution in [1.29, 1.82) is 0 Å². The van der Waals surface area contributed by atoms with Crippen molar-refractivity contribution in [3.8, 4) is 0 Å². The number of aromatic nitrogens is 3. The van der Waals surface area contributed by atoms with Crippen LogP contribution in [0, 0.1) is 0 Å². The molecule has 2 rings (SSSR count). The molecule has 4 N–H and O–H groups in total. The van der Waals surface area contributed by atoms with Crippen molar-refractivity contribution >= 4 is 5.84 Å². The Morgan fingerprint density at radius 1 is 1.42 bits per heavy atom. The summed E-state index contributed by atoms with van der Waals surface area (Å²) in [7, 11) is 1.95. The Bertz CT molecular complexity index is 577. The molecule has 2 aromatic rings. The van der Waals surface area contributed by atoms with Gasteiger partial charge in [0.2, 0.25) is 0 Å². The second-order valence-electron chi connectivity index (χ2n) is 4.09. The molecule has 0 bridgehead atoms. The minimum Gasteiger partial charge on any atom is -0.409 e. The molecule has 7 heteroatoms. The van der Waals surface area contributed by atoms with E-state index in [1.54, 1.807) is 18.5 Å². The molecule has 7 nitrogen and oxygen atoms in total. The quantitative estimate of drug-likeness (QED) is 0.308. The number of hydrogen-bond acceptors (Lipinski definition) is 5. The van der Waals surface area contributed by atoms with E-state index in [-0.39, 0.29) is 5.84 Å². The second-order valence-corrected chi connectivity index (χ2v) is 4.09. The Labute approximate surface area is 110 Å². The van der Waals surface area contributed by atoms with E-state index in [2.05, 4.69) is 20.4 Å². The summed E-state index contributed by atoms with van der Waals surface area (Å²) in [5.74, 6) is 0.969. The van der Waals surface area contributed by atoms with Gasteiger partial charge in [0.05, 0.1) is 6.54 Å². The van der Waals surface area contributed by atoms with Gasteiger partial charge in [-0.05, 0) is 17.7 Å². The molecule has 0 aliphatic heterocycles. The molecule has 19 heavy (non-hydrogen) atoms. The van der Waals surface area contributed by atoms with Crippen LogP contribution in [-0.4, -0.2) is 25.6 Å². The highest BCUT2D eigenvalue weighted by atomic mass is 16.4. The topological polar surface area (TPSA) is 101 Å². The molecule has 0 atom stereocenters. The lowest BCUT2D eigenvalue weighted by molar-refractivity contribution is 0.318. The summed E-state index contributed by atoms with van der Waals surface area (Å²) in [6.07, 6.45) is 5.30. The number of oxime groups is 1. The van der Waals surface area contributed by atoms with Crippen molar-refractivity contribution in [3.63, 3.8) is 0 Å². The molecule has 0 unspecified atom stereocenters. The summed E-state index contributed by atoms with van der Waals surface area (Å²) in [6.45, 7) is 1.33. The van der Waals surface area contributed by atoms with Gasteiger partial charge in [-0.3, -0.25) is 4.98 Å². The van der Waals surface area contributed by atoms with Crippen molar-refractivity contribution in [3.05, 3.63) is 47.8 Å². The Kier molecular flexibility index (Phi) is 4.09. The average Bonchev–Trinajstić information content (AvgIpc) is 2.84. The van der Waals surface area contributed by atoms with Crippen molar-refractivity contribution in [1.82, 2.24) is 19.9 Å². The van der Waals surface area contributed by atoms with Crippen LogP contribution >= 0.6 is 0 Å². The number of pyridine rings is 1. The zero-order valence-electron chi connectivity index (χ0n) is 10.6. The van der Waals surface area contributed by atoms with Crippen LogP contribution in [-0.2, 0) is 20.1 Å². The predicted molar refractivity (Wildman–Crippen MR) is 70.5 cm³/mol. The number of nitrogens with zero attached hydrogens (tertiary/aromatic N) is 4. The van der Waals surface area contributed by atoms with Crippen LogP contribution in [0.25, 0.3) is 0 Å². The maximum absolute atomic E-state index is 8.61. The van der Waals surface area contributed by atoms with Gasteiger partial charge >= 0.3 is 0 Å². The summed E-state index contributed by atoms with van der Waals surface area (Å²) in [4.78, 5) is 8.24. The minimum atomic E-state index is 0.00551. The average molecular weight is 260 g/mol. The van der Waals surface area contributed by atoms with E-state index in [1.807, 2.05) is 23.9 Å². The molecule has 100 valence electrons. The number of nitrogens with one attached hydrogen (secondary N) is 1. The lowest BCUT2D eigenvalue weighted by Crippen LogP contribution is -2.18. The number of imidazole rings is 1. The number of hydrogen-bond donors (Lipinski definition) is 3. The van der Waals surface area contributed by atoms with Gasteiger partial charge in [0.25, 0.3) is 0 Å².